The predicted molar refractivity (Wildman–Crippen MR) is 88.4 cm³/mol. The highest BCUT2D eigenvalue weighted by molar-refractivity contribution is 5.83. The van der Waals surface area contributed by atoms with Gasteiger partial charge in [0.2, 0.25) is 0 Å². The number of aromatic nitrogens is 3. The first-order chi connectivity index (χ1) is 10.8. The lowest BCUT2D eigenvalue weighted by Gasteiger charge is -2.28. The monoisotopic (exact) mass is 292 g/mol. The van der Waals surface area contributed by atoms with E-state index in [-0.39, 0.29) is 0 Å². The van der Waals surface area contributed by atoms with Crippen molar-refractivity contribution in [2.75, 3.05) is 0 Å². The molecule has 3 aromatic rings. The van der Waals surface area contributed by atoms with Crippen LogP contribution in [0, 0.1) is 0 Å². The lowest BCUT2D eigenvalue weighted by atomic mass is 9.91. The summed E-state index contributed by atoms with van der Waals surface area (Å²) in [4.78, 5) is 8.98. The highest BCUT2D eigenvalue weighted by atomic mass is 15.1. The maximum absolute atomic E-state index is 6.15. The first kappa shape index (κ1) is 13.5. The number of fused-ring (bicyclic) bond motifs is 1. The molecule has 1 aromatic carbocycles. The maximum atomic E-state index is 6.15. The van der Waals surface area contributed by atoms with Gasteiger partial charge in [-0.05, 0) is 49.9 Å². The Labute approximate surface area is 130 Å². The van der Waals surface area contributed by atoms with Crippen LogP contribution in [0.25, 0.3) is 22.3 Å². The summed E-state index contributed by atoms with van der Waals surface area (Å²) in [6, 6.07) is 11.2. The molecule has 1 fully saturated rings. The van der Waals surface area contributed by atoms with Gasteiger partial charge in [0.25, 0.3) is 0 Å². The smallest absolute Gasteiger partial charge is 0.140 e. The van der Waals surface area contributed by atoms with Crippen LogP contribution in [0.3, 0.4) is 0 Å². The van der Waals surface area contributed by atoms with Gasteiger partial charge in [0.15, 0.2) is 0 Å². The van der Waals surface area contributed by atoms with E-state index in [2.05, 4.69) is 45.0 Å². The van der Waals surface area contributed by atoms with E-state index in [0.717, 1.165) is 35.1 Å². The fraction of sp³-hybridized carbons (Fsp3) is 0.333. The zero-order valence-electron chi connectivity index (χ0n) is 12.5. The minimum Gasteiger partial charge on any atom is -0.328 e. The van der Waals surface area contributed by atoms with Gasteiger partial charge in [-0.15, -0.1) is 0 Å². The molecule has 112 valence electrons. The summed E-state index contributed by atoms with van der Waals surface area (Å²) in [7, 11) is 0. The normalized spacial score (nSPS) is 22.0. The average molecular weight is 292 g/mol. The molecule has 0 saturated heterocycles. The van der Waals surface area contributed by atoms with Crippen LogP contribution in [0.1, 0.15) is 31.7 Å². The molecule has 0 aliphatic heterocycles. The average Bonchev–Trinajstić information content (AvgIpc) is 3.04. The molecule has 1 aliphatic rings. The Kier molecular flexibility index (Phi) is 3.39. The second kappa shape index (κ2) is 5.54. The van der Waals surface area contributed by atoms with E-state index in [4.69, 9.17) is 5.73 Å². The van der Waals surface area contributed by atoms with Crippen molar-refractivity contribution in [1.82, 2.24) is 14.5 Å². The standard InChI is InChI=1S/C18H20N4/c19-15-4-1-5-16(12-15)22-10-9-21-18(22)14-6-7-17-13(11-14)3-2-8-20-17/h2-3,6-11,15-16H,1,4-5,12,19H2/t15-,16+/m1/s1. The van der Waals surface area contributed by atoms with E-state index < -0.39 is 0 Å². The van der Waals surface area contributed by atoms with Gasteiger partial charge in [-0.3, -0.25) is 4.98 Å². The summed E-state index contributed by atoms with van der Waals surface area (Å²) >= 11 is 0. The number of imidazole rings is 1. The van der Waals surface area contributed by atoms with Crippen molar-refractivity contribution in [3.05, 3.63) is 48.9 Å². The van der Waals surface area contributed by atoms with E-state index in [9.17, 15) is 0 Å². The minimum absolute atomic E-state index is 0.315. The van der Waals surface area contributed by atoms with Crippen LogP contribution >= 0.6 is 0 Å². The molecule has 0 radical (unpaired) electrons. The van der Waals surface area contributed by atoms with Crippen LogP contribution in [0.2, 0.25) is 0 Å². The summed E-state index contributed by atoms with van der Waals surface area (Å²) < 4.78 is 2.30. The molecule has 0 bridgehead atoms. The number of hydrogen-bond donors (Lipinski definition) is 1. The quantitative estimate of drug-likeness (QED) is 0.786. The maximum Gasteiger partial charge on any atom is 0.140 e. The van der Waals surface area contributed by atoms with Gasteiger partial charge >= 0.3 is 0 Å². The molecule has 1 saturated carbocycles. The molecule has 0 amide bonds. The predicted octanol–water partition coefficient (Wildman–Crippen LogP) is 3.54. The molecule has 4 nitrogen and oxygen atoms in total. The number of rotatable bonds is 2. The molecule has 2 atom stereocenters. The SMILES string of the molecule is N[C@@H]1CCC[C@H](n2ccnc2-c2ccc3ncccc3c2)C1. The van der Waals surface area contributed by atoms with Crippen LogP contribution < -0.4 is 5.73 Å². The van der Waals surface area contributed by atoms with Crippen LogP contribution in [0.5, 0.6) is 0 Å². The zero-order valence-corrected chi connectivity index (χ0v) is 12.5. The topological polar surface area (TPSA) is 56.7 Å². The van der Waals surface area contributed by atoms with Gasteiger partial charge in [-0.1, -0.05) is 6.07 Å². The van der Waals surface area contributed by atoms with Crippen molar-refractivity contribution >= 4 is 10.9 Å². The highest BCUT2D eigenvalue weighted by Crippen LogP contribution is 2.32. The van der Waals surface area contributed by atoms with Crippen molar-refractivity contribution in [2.45, 2.75) is 37.8 Å². The molecular formula is C18H20N4. The van der Waals surface area contributed by atoms with Gasteiger partial charge in [0.1, 0.15) is 5.82 Å². The molecular weight excluding hydrogens is 272 g/mol. The minimum atomic E-state index is 0.315. The highest BCUT2D eigenvalue weighted by Gasteiger charge is 2.22. The van der Waals surface area contributed by atoms with Crippen molar-refractivity contribution in [3.8, 4) is 11.4 Å². The van der Waals surface area contributed by atoms with Crippen LogP contribution in [0.15, 0.2) is 48.9 Å². The number of pyridine rings is 1. The van der Waals surface area contributed by atoms with E-state index in [1.807, 2.05) is 18.5 Å². The van der Waals surface area contributed by atoms with Gasteiger partial charge in [-0.25, -0.2) is 4.98 Å². The molecule has 22 heavy (non-hydrogen) atoms. The molecule has 0 unspecified atom stereocenters. The Balaban J connectivity index is 1.74. The molecule has 1 aliphatic carbocycles. The Hall–Kier alpha value is -2.20. The molecule has 4 heteroatoms. The summed E-state index contributed by atoms with van der Waals surface area (Å²) in [5.74, 6) is 1.03. The molecule has 2 N–H and O–H groups in total. The van der Waals surface area contributed by atoms with Crippen LogP contribution in [0.4, 0.5) is 0 Å². The van der Waals surface area contributed by atoms with E-state index in [1.165, 1.54) is 12.8 Å². The van der Waals surface area contributed by atoms with Crippen LogP contribution in [-0.2, 0) is 0 Å². The Morgan fingerprint density at radius 3 is 2.95 bits per heavy atom. The summed E-state index contributed by atoms with van der Waals surface area (Å²) in [5, 5.41) is 1.15. The van der Waals surface area contributed by atoms with Gasteiger partial charge in [-0.2, -0.15) is 0 Å². The molecule has 4 rings (SSSR count). The fourth-order valence-corrected chi connectivity index (χ4v) is 3.50. The summed E-state index contributed by atoms with van der Waals surface area (Å²) in [6.45, 7) is 0. The van der Waals surface area contributed by atoms with Crippen LogP contribution in [-0.4, -0.2) is 20.6 Å². The number of benzene rings is 1. The fourth-order valence-electron chi connectivity index (χ4n) is 3.50. The van der Waals surface area contributed by atoms with Crippen molar-refractivity contribution in [2.24, 2.45) is 5.73 Å². The van der Waals surface area contributed by atoms with E-state index >= 15 is 0 Å². The Morgan fingerprint density at radius 1 is 1.09 bits per heavy atom. The lowest BCUT2D eigenvalue weighted by molar-refractivity contribution is 0.322. The van der Waals surface area contributed by atoms with Crippen molar-refractivity contribution in [3.63, 3.8) is 0 Å². The van der Waals surface area contributed by atoms with Gasteiger partial charge in [0, 0.05) is 41.6 Å². The van der Waals surface area contributed by atoms with Crippen molar-refractivity contribution < 1.29 is 0 Å². The second-order valence-corrected chi connectivity index (χ2v) is 6.15. The van der Waals surface area contributed by atoms with Gasteiger partial charge < -0.3 is 10.3 Å². The summed E-state index contributed by atoms with van der Waals surface area (Å²) in [5.41, 5.74) is 8.31. The van der Waals surface area contributed by atoms with E-state index in [1.54, 1.807) is 0 Å². The summed E-state index contributed by atoms with van der Waals surface area (Å²) in [6.07, 6.45) is 10.4. The largest absolute Gasteiger partial charge is 0.328 e. The lowest BCUT2D eigenvalue weighted by Crippen LogP contribution is -2.29. The third kappa shape index (κ3) is 2.40. The third-order valence-electron chi connectivity index (χ3n) is 4.61. The zero-order chi connectivity index (χ0) is 14.9. The first-order valence-corrected chi connectivity index (χ1v) is 7.95. The Morgan fingerprint density at radius 2 is 2.05 bits per heavy atom. The van der Waals surface area contributed by atoms with Gasteiger partial charge in [0.05, 0.1) is 5.52 Å². The Bertz CT molecular complexity index is 792. The van der Waals surface area contributed by atoms with E-state index in [0.29, 0.717) is 12.1 Å². The number of nitrogens with zero attached hydrogens (tertiary/aromatic N) is 3. The molecule has 0 spiro atoms. The first-order valence-electron chi connectivity index (χ1n) is 7.95. The second-order valence-electron chi connectivity index (χ2n) is 6.15. The van der Waals surface area contributed by atoms with Crippen molar-refractivity contribution in [1.29, 1.82) is 0 Å². The molecule has 2 aromatic heterocycles. The number of nitrogens with two attached hydrogens (primary N) is 1. The molecule has 2 heterocycles. The third-order valence-corrected chi connectivity index (χ3v) is 4.61. The number of hydrogen-bond acceptors (Lipinski definition) is 3.